The number of carbonyl (C=O) groups excluding carboxylic acids is 1. The van der Waals surface area contributed by atoms with Gasteiger partial charge in [-0.3, -0.25) is 10.1 Å². The van der Waals surface area contributed by atoms with Crippen LogP contribution in [0.2, 0.25) is 0 Å². The summed E-state index contributed by atoms with van der Waals surface area (Å²) in [6, 6.07) is 9.82. The zero-order chi connectivity index (χ0) is 21.1. The van der Waals surface area contributed by atoms with Crippen molar-refractivity contribution in [3.05, 3.63) is 53.6 Å². The molecule has 0 aliphatic carbocycles. The molecule has 0 radical (unpaired) electrons. The van der Waals surface area contributed by atoms with Crippen molar-refractivity contribution in [3.63, 3.8) is 0 Å². The van der Waals surface area contributed by atoms with E-state index in [0.29, 0.717) is 29.5 Å². The number of fused-ring (bicyclic) bond motifs is 1. The van der Waals surface area contributed by atoms with Crippen LogP contribution in [0, 0.1) is 0 Å². The third-order valence-corrected chi connectivity index (χ3v) is 5.72. The number of hydrogen-bond acceptors (Lipinski definition) is 6. The van der Waals surface area contributed by atoms with Crippen molar-refractivity contribution in [2.24, 2.45) is 0 Å². The first-order chi connectivity index (χ1) is 14.4. The number of halogens is 3. The Hall–Kier alpha value is -2.43. The van der Waals surface area contributed by atoms with Crippen LogP contribution in [0.25, 0.3) is 0 Å². The second kappa shape index (κ2) is 8.75. The van der Waals surface area contributed by atoms with E-state index in [-0.39, 0.29) is 24.7 Å². The fourth-order valence-corrected chi connectivity index (χ4v) is 4.10. The van der Waals surface area contributed by atoms with E-state index in [1.54, 1.807) is 6.07 Å². The predicted octanol–water partition coefficient (Wildman–Crippen LogP) is 3.16. The van der Waals surface area contributed by atoms with Crippen LogP contribution in [0.3, 0.4) is 0 Å². The molecule has 2 aliphatic rings. The van der Waals surface area contributed by atoms with Gasteiger partial charge in [-0.25, -0.2) is 0 Å². The molecule has 1 saturated heterocycles. The molecule has 160 valence electrons. The van der Waals surface area contributed by atoms with Gasteiger partial charge >= 0.3 is 6.18 Å². The molecule has 0 aromatic heterocycles. The van der Waals surface area contributed by atoms with Crippen LogP contribution >= 0.6 is 11.8 Å². The average Bonchev–Trinajstić information content (AvgIpc) is 3.20. The van der Waals surface area contributed by atoms with Gasteiger partial charge in [-0.05, 0) is 42.0 Å². The normalized spacial score (nSPS) is 20.8. The van der Waals surface area contributed by atoms with Gasteiger partial charge in [0.15, 0.2) is 11.5 Å². The summed E-state index contributed by atoms with van der Waals surface area (Å²) in [4.78, 5) is 13.2. The van der Waals surface area contributed by atoms with Gasteiger partial charge in [-0.15, -0.1) is 11.8 Å². The third kappa shape index (κ3) is 5.00. The number of carbonyl (C=O) groups is 1. The van der Waals surface area contributed by atoms with E-state index in [0.717, 1.165) is 17.7 Å². The molecule has 1 unspecified atom stereocenters. The maximum absolute atomic E-state index is 12.7. The smallest absolute Gasteiger partial charge is 0.416 e. The lowest BCUT2D eigenvalue weighted by Crippen LogP contribution is -2.54. The summed E-state index contributed by atoms with van der Waals surface area (Å²) in [5.41, 5.74) is 0.181. The number of nitrogens with one attached hydrogen (secondary N) is 2. The van der Waals surface area contributed by atoms with Crippen molar-refractivity contribution in [1.29, 1.82) is 0 Å². The van der Waals surface area contributed by atoms with E-state index < -0.39 is 17.8 Å². The van der Waals surface area contributed by atoms with Gasteiger partial charge in [0.05, 0.1) is 24.2 Å². The number of rotatable bonds is 5. The van der Waals surface area contributed by atoms with Gasteiger partial charge in [0.25, 0.3) is 0 Å². The summed E-state index contributed by atoms with van der Waals surface area (Å²) in [5.74, 6) is 1.11. The molecule has 0 bridgehead atoms. The molecule has 0 saturated carbocycles. The highest BCUT2D eigenvalue weighted by molar-refractivity contribution is 8.00. The number of morpholine rings is 1. The summed E-state index contributed by atoms with van der Waals surface area (Å²) >= 11 is 1.32. The number of amides is 1. The van der Waals surface area contributed by atoms with Crippen LogP contribution in [0.15, 0.2) is 47.4 Å². The molecule has 0 spiro atoms. The zero-order valence-electron chi connectivity index (χ0n) is 15.7. The monoisotopic (exact) mass is 440 g/mol. The Balaban J connectivity index is 1.29. The molecule has 2 N–H and O–H groups in total. The third-order valence-electron chi connectivity index (χ3n) is 4.62. The second-order valence-electron chi connectivity index (χ2n) is 6.79. The van der Waals surface area contributed by atoms with Crippen LogP contribution in [-0.4, -0.2) is 37.3 Å². The second-order valence-corrected chi connectivity index (χ2v) is 8.07. The minimum absolute atomic E-state index is 0.187. The minimum atomic E-state index is -4.36. The van der Waals surface area contributed by atoms with Crippen molar-refractivity contribution in [2.45, 2.75) is 29.0 Å². The topological polar surface area (TPSA) is 68.8 Å². The quantitative estimate of drug-likeness (QED) is 0.745. The standard InChI is InChI=1S/C20H19F3N2O4S/c21-20(22,23)13-2-4-14(5-3-13)30-18-10-27-9-15(25-18)19(26)24-8-12-1-6-16-17(7-12)29-11-28-16/h1-7,15,18,25H,8-11H2,(H,24,26)/t15-,18?/m1/s1. The van der Waals surface area contributed by atoms with E-state index in [2.05, 4.69) is 10.6 Å². The Bertz CT molecular complexity index is 908. The molecule has 2 heterocycles. The Morgan fingerprint density at radius 1 is 1.10 bits per heavy atom. The van der Waals surface area contributed by atoms with Gasteiger partial charge in [-0.2, -0.15) is 13.2 Å². The Morgan fingerprint density at radius 2 is 1.87 bits per heavy atom. The lowest BCUT2D eigenvalue weighted by Gasteiger charge is -2.30. The number of ether oxygens (including phenoxy) is 3. The number of alkyl halides is 3. The van der Waals surface area contributed by atoms with Crippen molar-refractivity contribution in [1.82, 2.24) is 10.6 Å². The summed E-state index contributed by atoms with van der Waals surface area (Å²) in [6.45, 7) is 1.07. The van der Waals surface area contributed by atoms with Crippen molar-refractivity contribution in [2.75, 3.05) is 20.0 Å². The van der Waals surface area contributed by atoms with E-state index in [9.17, 15) is 18.0 Å². The number of hydrogen-bond donors (Lipinski definition) is 2. The van der Waals surface area contributed by atoms with E-state index in [1.807, 2.05) is 12.1 Å². The molecule has 2 aromatic rings. The highest BCUT2D eigenvalue weighted by Gasteiger charge is 2.31. The van der Waals surface area contributed by atoms with Gasteiger partial charge in [0.1, 0.15) is 6.04 Å². The fourth-order valence-electron chi connectivity index (χ4n) is 3.08. The maximum Gasteiger partial charge on any atom is 0.416 e. The van der Waals surface area contributed by atoms with Crippen LogP contribution in [-0.2, 0) is 22.3 Å². The molecule has 2 aliphatic heterocycles. The van der Waals surface area contributed by atoms with Gasteiger partial charge in [0, 0.05) is 11.4 Å². The van der Waals surface area contributed by atoms with Crippen LogP contribution in [0.4, 0.5) is 13.2 Å². The largest absolute Gasteiger partial charge is 0.454 e. The highest BCUT2D eigenvalue weighted by Crippen LogP contribution is 2.33. The first-order valence-electron chi connectivity index (χ1n) is 9.22. The van der Waals surface area contributed by atoms with Crippen LogP contribution < -0.4 is 20.1 Å². The average molecular weight is 440 g/mol. The predicted molar refractivity (Wildman–Crippen MR) is 103 cm³/mol. The maximum atomic E-state index is 12.7. The number of thioether (sulfide) groups is 1. The summed E-state index contributed by atoms with van der Waals surface area (Å²) in [6.07, 6.45) is -4.36. The lowest BCUT2D eigenvalue weighted by molar-refractivity contribution is -0.137. The van der Waals surface area contributed by atoms with Crippen molar-refractivity contribution in [3.8, 4) is 11.5 Å². The first kappa shape index (κ1) is 20.8. The summed E-state index contributed by atoms with van der Waals surface area (Å²) in [7, 11) is 0. The Morgan fingerprint density at radius 3 is 2.63 bits per heavy atom. The van der Waals surface area contributed by atoms with Crippen LogP contribution in [0.1, 0.15) is 11.1 Å². The molecular weight excluding hydrogens is 421 g/mol. The van der Waals surface area contributed by atoms with Gasteiger partial charge in [-0.1, -0.05) is 6.07 Å². The molecule has 2 atom stereocenters. The van der Waals surface area contributed by atoms with Crippen molar-refractivity contribution >= 4 is 17.7 Å². The van der Waals surface area contributed by atoms with Crippen LogP contribution in [0.5, 0.6) is 11.5 Å². The molecule has 10 heteroatoms. The molecule has 1 fully saturated rings. The molecule has 4 rings (SSSR count). The molecule has 1 amide bonds. The summed E-state index contributed by atoms with van der Waals surface area (Å²) < 4.78 is 54.2. The van der Waals surface area contributed by atoms with Crippen molar-refractivity contribution < 1.29 is 32.2 Å². The summed E-state index contributed by atoms with van der Waals surface area (Å²) in [5, 5.41) is 5.79. The molecule has 30 heavy (non-hydrogen) atoms. The first-order valence-corrected chi connectivity index (χ1v) is 10.1. The van der Waals surface area contributed by atoms with Gasteiger partial charge in [0.2, 0.25) is 12.7 Å². The zero-order valence-corrected chi connectivity index (χ0v) is 16.5. The Labute approximate surface area is 175 Å². The fraction of sp³-hybridized carbons (Fsp3) is 0.350. The van der Waals surface area contributed by atoms with Gasteiger partial charge < -0.3 is 19.5 Å². The molecule has 2 aromatic carbocycles. The Kier molecular flexibility index (Phi) is 6.07. The molecular formula is C20H19F3N2O4S. The lowest BCUT2D eigenvalue weighted by atomic mass is 10.2. The van der Waals surface area contributed by atoms with E-state index >= 15 is 0 Å². The highest BCUT2D eigenvalue weighted by atomic mass is 32.2. The number of benzene rings is 2. The molecule has 6 nitrogen and oxygen atoms in total. The van der Waals surface area contributed by atoms with E-state index in [4.69, 9.17) is 14.2 Å². The SMILES string of the molecule is O=C(NCc1ccc2c(c1)OCO2)[C@H]1COCC(Sc2ccc(C(F)(F)F)cc2)N1. The minimum Gasteiger partial charge on any atom is -0.454 e. The van der Waals surface area contributed by atoms with E-state index in [1.165, 1.54) is 23.9 Å².